The number of carbonyl (C=O) groups excluding carboxylic acids is 1. The van der Waals surface area contributed by atoms with Crippen molar-refractivity contribution in [2.24, 2.45) is 5.92 Å². The van der Waals surface area contributed by atoms with Gasteiger partial charge in [0.15, 0.2) is 6.79 Å². The lowest BCUT2D eigenvalue weighted by molar-refractivity contribution is -0.161. The molecule has 1 aliphatic rings. The summed E-state index contributed by atoms with van der Waals surface area (Å²) in [6.07, 6.45) is 5.56. The van der Waals surface area contributed by atoms with E-state index in [1.54, 1.807) is 0 Å². The van der Waals surface area contributed by atoms with E-state index in [1.165, 1.54) is 6.42 Å². The molecule has 0 bridgehead atoms. The van der Waals surface area contributed by atoms with Gasteiger partial charge in [0.1, 0.15) is 0 Å². The summed E-state index contributed by atoms with van der Waals surface area (Å²) >= 11 is 0. The molecule has 0 N–H and O–H groups in total. The molecule has 0 unspecified atom stereocenters. The molecule has 1 saturated carbocycles. The van der Waals surface area contributed by atoms with Gasteiger partial charge in [0, 0.05) is 6.61 Å². The highest BCUT2D eigenvalue weighted by Gasteiger charge is 2.22. The molecule has 0 amide bonds. The monoisotopic (exact) mass is 186 g/mol. The molecule has 13 heavy (non-hydrogen) atoms. The van der Waals surface area contributed by atoms with Gasteiger partial charge >= 0.3 is 5.97 Å². The molecule has 0 atom stereocenters. The summed E-state index contributed by atoms with van der Waals surface area (Å²) in [5.41, 5.74) is 0. The Labute approximate surface area is 79.4 Å². The topological polar surface area (TPSA) is 35.5 Å². The van der Waals surface area contributed by atoms with Gasteiger partial charge in [0.25, 0.3) is 0 Å². The predicted octanol–water partition coefficient (Wildman–Crippen LogP) is 2.10. The van der Waals surface area contributed by atoms with Crippen LogP contribution < -0.4 is 0 Å². The van der Waals surface area contributed by atoms with E-state index in [9.17, 15) is 4.79 Å². The molecule has 0 aromatic carbocycles. The molecule has 0 aliphatic heterocycles. The third-order valence-electron chi connectivity index (χ3n) is 2.43. The summed E-state index contributed by atoms with van der Waals surface area (Å²) in [5.74, 6) is 0.0577. The molecular weight excluding hydrogens is 168 g/mol. The van der Waals surface area contributed by atoms with Crippen LogP contribution in [0.4, 0.5) is 0 Å². The standard InChI is InChI=1S/C10H18O3/c1-2-12-8-13-10(11)9-6-4-3-5-7-9/h9H,2-8H2,1H3. The third kappa shape index (κ3) is 3.77. The molecule has 1 fully saturated rings. The zero-order chi connectivity index (χ0) is 9.52. The van der Waals surface area contributed by atoms with Crippen LogP contribution in [-0.2, 0) is 14.3 Å². The minimum Gasteiger partial charge on any atom is -0.438 e. The van der Waals surface area contributed by atoms with Crippen molar-refractivity contribution in [3.05, 3.63) is 0 Å². The lowest BCUT2D eigenvalue weighted by Crippen LogP contribution is -2.21. The van der Waals surface area contributed by atoms with Crippen LogP contribution in [0.1, 0.15) is 39.0 Å². The zero-order valence-electron chi connectivity index (χ0n) is 8.25. The quantitative estimate of drug-likeness (QED) is 0.383. The van der Waals surface area contributed by atoms with E-state index >= 15 is 0 Å². The largest absolute Gasteiger partial charge is 0.438 e. The Kier molecular flexibility index (Phi) is 4.83. The van der Waals surface area contributed by atoms with E-state index in [-0.39, 0.29) is 18.7 Å². The van der Waals surface area contributed by atoms with Crippen molar-refractivity contribution in [2.45, 2.75) is 39.0 Å². The molecule has 0 aromatic rings. The van der Waals surface area contributed by atoms with Gasteiger partial charge in [0.2, 0.25) is 0 Å². The minimum atomic E-state index is -0.0758. The fourth-order valence-electron chi connectivity index (χ4n) is 1.64. The Balaban J connectivity index is 2.13. The normalized spacial score (nSPS) is 18.5. The number of esters is 1. The second kappa shape index (κ2) is 5.97. The van der Waals surface area contributed by atoms with Gasteiger partial charge in [-0.2, -0.15) is 0 Å². The average molecular weight is 186 g/mol. The highest BCUT2D eigenvalue weighted by Crippen LogP contribution is 2.24. The highest BCUT2D eigenvalue weighted by molar-refractivity contribution is 5.72. The summed E-state index contributed by atoms with van der Waals surface area (Å²) < 4.78 is 9.91. The van der Waals surface area contributed by atoms with E-state index < -0.39 is 0 Å². The van der Waals surface area contributed by atoms with Gasteiger partial charge in [-0.25, -0.2) is 0 Å². The van der Waals surface area contributed by atoms with Gasteiger partial charge in [-0.05, 0) is 19.8 Å². The van der Waals surface area contributed by atoms with Crippen molar-refractivity contribution in [1.82, 2.24) is 0 Å². The molecule has 76 valence electrons. The Bertz CT molecular complexity index is 150. The van der Waals surface area contributed by atoms with Crippen LogP contribution in [0.2, 0.25) is 0 Å². The van der Waals surface area contributed by atoms with Crippen LogP contribution in [0.15, 0.2) is 0 Å². The summed E-state index contributed by atoms with van der Waals surface area (Å²) in [5, 5.41) is 0. The number of ether oxygens (including phenoxy) is 2. The summed E-state index contributed by atoms with van der Waals surface area (Å²) in [6, 6.07) is 0. The third-order valence-corrected chi connectivity index (χ3v) is 2.43. The number of rotatable bonds is 4. The van der Waals surface area contributed by atoms with E-state index in [0.29, 0.717) is 6.61 Å². The van der Waals surface area contributed by atoms with E-state index in [1.807, 2.05) is 6.92 Å². The molecular formula is C10H18O3. The van der Waals surface area contributed by atoms with Crippen LogP contribution in [-0.4, -0.2) is 19.4 Å². The first-order valence-corrected chi connectivity index (χ1v) is 5.09. The van der Waals surface area contributed by atoms with Gasteiger partial charge < -0.3 is 9.47 Å². The van der Waals surface area contributed by atoms with E-state index in [2.05, 4.69) is 0 Å². The lowest BCUT2D eigenvalue weighted by atomic mass is 9.89. The van der Waals surface area contributed by atoms with Gasteiger partial charge in [-0.1, -0.05) is 19.3 Å². The van der Waals surface area contributed by atoms with E-state index in [4.69, 9.17) is 9.47 Å². The summed E-state index contributed by atoms with van der Waals surface area (Å²) in [6.45, 7) is 2.60. The first kappa shape index (κ1) is 10.5. The van der Waals surface area contributed by atoms with Crippen LogP contribution in [0, 0.1) is 5.92 Å². The first-order valence-electron chi connectivity index (χ1n) is 5.09. The Morgan fingerprint density at radius 3 is 2.62 bits per heavy atom. The van der Waals surface area contributed by atoms with E-state index in [0.717, 1.165) is 25.7 Å². The Morgan fingerprint density at radius 1 is 1.31 bits per heavy atom. The van der Waals surface area contributed by atoms with Crippen molar-refractivity contribution >= 4 is 5.97 Å². The van der Waals surface area contributed by atoms with Gasteiger partial charge in [-0.3, -0.25) is 4.79 Å². The second-order valence-electron chi connectivity index (χ2n) is 3.41. The van der Waals surface area contributed by atoms with Crippen LogP contribution in [0.25, 0.3) is 0 Å². The highest BCUT2D eigenvalue weighted by atomic mass is 16.7. The molecule has 1 rings (SSSR count). The summed E-state index contributed by atoms with van der Waals surface area (Å²) in [4.78, 5) is 11.4. The fraction of sp³-hybridized carbons (Fsp3) is 0.900. The van der Waals surface area contributed by atoms with Gasteiger partial charge in [0.05, 0.1) is 5.92 Å². The fourth-order valence-corrected chi connectivity index (χ4v) is 1.64. The van der Waals surface area contributed by atoms with Crippen molar-refractivity contribution in [3.63, 3.8) is 0 Å². The lowest BCUT2D eigenvalue weighted by Gasteiger charge is -2.19. The molecule has 3 nitrogen and oxygen atoms in total. The molecule has 0 spiro atoms. The molecule has 0 radical (unpaired) electrons. The SMILES string of the molecule is CCOCOC(=O)C1CCCCC1. The maximum Gasteiger partial charge on any atom is 0.311 e. The molecule has 3 heteroatoms. The number of hydrogen-bond acceptors (Lipinski definition) is 3. The van der Waals surface area contributed by atoms with Crippen LogP contribution >= 0.6 is 0 Å². The minimum absolute atomic E-state index is 0.0758. The maximum atomic E-state index is 11.4. The zero-order valence-corrected chi connectivity index (χ0v) is 8.25. The second-order valence-corrected chi connectivity index (χ2v) is 3.41. The molecule has 0 heterocycles. The van der Waals surface area contributed by atoms with Crippen molar-refractivity contribution in [1.29, 1.82) is 0 Å². The predicted molar refractivity (Wildman–Crippen MR) is 49.2 cm³/mol. The van der Waals surface area contributed by atoms with Crippen LogP contribution in [0.3, 0.4) is 0 Å². The van der Waals surface area contributed by atoms with Crippen molar-refractivity contribution in [2.75, 3.05) is 13.4 Å². The molecule has 0 aromatic heterocycles. The van der Waals surface area contributed by atoms with Crippen molar-refractivity contribution < 1.29 is 14.3 Å². The maximum absolute atomic E-state index is 11.4. The average Bonchev–Trinajstić information content (AvgIpc) is 2.19. The van der Waals surface area contributed by atoms with Gasteiger partial charge in [-0.15, -0.1) is 0 Å². The van der Waals surface area contributed by atoms with Crippen molar-refractivity contribution in [3.8, 4) is 0 Å². The smallest absolute Gasteiger partial charge is 0.311 e. The number of carbonyl (C=O) groups is 1. The molecule has 0 saturated heterocycles. The first-order chi connectivity index (χ1) is 6.34. The Hall–Kier alpha value is -0.570. The summed E-state index contributed by atoms with van der Waals surface area (Å²) in [7, 11) is 0. The Morgan fingerprint density at radius 2 is 2.00 bits per heavy atom. The molecule has 1 aliphatic carbocycles. The number of hydrogen-bond donors (Lipinski definition) is 0. The van der Waals surface area contributed by atoms with Crippen LogP contribution in [0.5, 0.6) is 0 Å².